The van der Waals surface area contributed by atoms with E-state index in [1.807, 2.05) is 0 Å². The SMILES string of the molecule is CCCNC(CC)C1c2ccccc2-c2ccccc21. The molecule has 0 aromatic heterocycles. The molecule has 1 N–H and O–H groups in total. The fourth-order valence-corrected chi connectivity index (χ4v) is 3.46. The molecule has 0 spiro atoms. The van der Waals surface area contributed by atoms with E-state index >= 15 is 0 Å². The largest absolute Gasteiger partial charge is 0.313 e. The third-order valence-electron chi connectivity index (χ3n) is 4.38. The molecule has 0 aliphatic heterocycles. The number of nitrogens with one attached hydrogen (secondary N) is 1. The molecule has 1 aliphatic rings. The number of hydrogen-bond donors (Lipinski definition) is 1. The van der Waals surface area contributed by atoms with Gasteiger partial charge in [0, 0.05) is 12.0 Å². The first-order chi connectivity index (χ1) is 9.86. The molecular formula is C19H23N. The van der Waals surface area contributed by atoms with Gasteiger partial charge in [0.05, 0.1) is 0 Å². The molecule has 2 aromatic rings. The molecule has 3 rings (SSSR count). The highest BCUT2D eigenvalue weighted by molar-refractivity contribution is 5.79. The standard InChI is InChI=1S/C19H23N/c1-3-13-20-18(4-2)19-16-11-7-5-9-14(16)15-10-6-8-12-17(15)19/h5-12,18-20H,3-4,13H2,1-2H3. The van der Waals surface area contributed by atoms with Crippen LogP contribution in [0.4, 0.5) is 0 Å². The second kappa shape index (κ2) is 5.80. The lowest BCUT2D eigenvalue weighted by atomic mass is 9.88. The van der Waals surface area contributed by atoms with Crippen molar-refractivity contribution in [3.05, 3.63) is 59.7 Å². The van der Waals surface area contributed by atoms with Crippen LogP contribution in [0.15, 0.2) is 48.5 Å². The van der Waals surface area contributed by atoms with Crippen molar-refractivity contribution in [1.82, 2.24) is 5.32 Å². The lowest BCUT2D eigenvalue weighted by molar-refractivity contribution is 0.458. The van der Waals surface area contributed by atoms with Gasteiger partial charge in [-0.05, 0) is 41.6 Å². The van der Waals surface area contributed by atoms with Crippen LogP contribution in [0.2, 0.25) is 0 Å². The minimum atomic E-state index is 0.499. The molecular weight excluding hydrogens is 242 g/mol. The van der Waals surface area contributed by atoms with Gasteiger partial charge in [0.15, 0.2) is 0 Å². The Morgan fingerprint density at radius 3 is 1.95 bits per heavy atom. The van der Waals surface area contributed by atoms with E-state index in [0.717, 1.165) is 13.0 Å². The van der Waals surface area contributed by atoms with Crippen LogP contribution in [0.3, 0.4) is 0 Å². The fourth-order valence-electron chi connectivity index (χ4n) is 3.46. The number of hydrogen-bond acceptors (Lipinski definition) is 1. The Hall–Kier alpha value is -1.60. The quantitative estimate of drug-likeness (QED) is 0.834. The van der Waals surface area contributed by atoms with E-state index in [1.54, 1.807) is 0 Å². The first-order valence-corrected chi connectivity index (χ1v) is 7.78. The second-order valence-electron chi connectivity index (χ2n) is 5.62. The van der Waals surface area contributed by atoms with Gasteiger partial charge in [-0.1, -0.05) is 62.4 Å². The average Bonchev–Trinajstić information content (AvgIpc) is 2.84. The summed E-state index contributed by atoms with van der Waals surface area (Å²) in [5.74, 6) is 0.499. The highest BCUT2D eigenvalue weighted by Crippen LogP contribution is 2.46. The Morgan fingerprint density at radius 1 is 0.900 bits per heavy atom. The Morgan fingerprint density at radius 2 is 1.45 bits per heavy atom. The minimum Gasteiger partial charge on any atom is -0.313 e. The summed E-state index contributed by atoms with van der Waals surface area (Å²) in [6, 6.07) is 18.3. The van der Waals surface area contributed by atoms with E-state index in [0.29, 0.717) is 12.0 Å². The zero-order chi connectivity index (χ0) is 13.9. The summed E-state index contributed by atoms with van der Waals surface area (Å²) in [6.45, 7) is 5.62. The number of rotatable bonds is 5. The van der Waals surface area contributed by atoms with Crippen LogP contribution in [0.25, 0.3) is 11.1 Å². The molecule has 20 heavy (non-hydrogen) atoms. The normalized spacial score (nSPS) is 14.9. The van der Waals surface area contributed by atoms with Crippen molar-refractivity contribution in [3.63, 3.8) is 0 Å². The monoisotopic (exact) mass is 265 g/mol. The Kier molecular flexibility index (Phi) is 3.88. The molecule has 0 saturated carbocycles. The van der Waals surface area contributed by atoms with Crippen molar-refractivity contribution in [2.24, 2.45) is 0 Å². The number of fused-ring (bicyclic) bond motifs is 3. The van der Waals surface area contributed by atoms with Gasteiger partial charge in [-0.2, -0.15) is 0 Å². The summed E-state index contributed by atoms with van der Waals surface area (Å²) in [5.41, 5.74) is 5.82. The van der Waals surface area contributed by atoms with Gasteiger partial charge >= 0.3 is 0 Å². The second-order valence-corrected chi connectivity index (χ2v) is 5.62. The summed E-state index contributed by atoms with van der Waals surface area (Å²) in [6.07, 6.45) is 2.35. The maximum Gasteiger partial charge on any atom is 0.0255 e. The van der Waals surface area contributed by atoms with E-state index in [9.17, 15) is 0 Å². The third kappa shape index (κ3) is 2.16. The average molecular weight is 265 g/mol. The summed E-state index contributed by atoms with van der Waals surface area (Å²) in [7, 11) is 0. The van der Waals surface area contributed by atoms with E-state index in [4.69, 9.17) is 0 Å². The summed E-state index contributed by atoms with van der Waals surface area (Å²) < 4.78 is 0. The maximum absolute atomic E-state index is 3.74. The topological polar surface area (TPSA) is 12.0 Å². The van der Waals surface area contributed by atoms with Gasteiger partial charge in [0.2, 0.25) is 0 Å². The molecule has 0 bridgehead atoms. The van der Waals surface area contributed by atoms with Crippen LogP contribution in [0.1, 0.15) is 43.7 Å². The molecule has 1 unspecified atom stereocenters. The van der Waals surface area contributed by atoms with Gasteiger partial charge in [0.1, 0.15) is 0 Å². The zero-order valence-electron chi connectivity index (χ0n) is 12.4. The van der Waals surface area contributed by atoms with Crippen molar-refractivity contribution in [1.29, 1.82) is 0 Å². The predicted octanol–water partition coefficient (Wildman–Crippen LogP) is 4.58. The maximum atomic E-state index is 3.74. The van der Waals surface area contributed by atoms with E-state index in [2.05, 4.69) is 67.7 Å². The van der Waals surface area contributed by atoms with Crippen LogP contribution >= 0.6 is 0 Å². The van der Waals surface area contributed by atoms with Crippen molar-refractivity contribution >= 4 is 0 Å². The Labute approximate surface area is 122 Å². The molecule has 0 fully saturated rings. The van der Waals surface area contributed by atoms with Gasteiger partial charge < -0.3 is 5.32 Å². The molecule has 0 heterocycles. The molecule has 104 valence electrons. The molecule has 1 aliphatic carbocycles. The molecule has 0 radical (unpaired) electrons. The van der Waals surface area contributed by atoms with Crippen LogP contribution in [-0.4, -0.2) is 12.6 Å². The van der Waals surface area contributed by atoms with E-state index in [1.165, 1.54) is 28.7 Å². The van der Waals surface area contributed by atoms with E-state index in [-0.39, 0.29) is 0 Å². The summed E-state index contributed by atoms with van der Waals surface area (Å²) in [5, 5.41) is 3.74. The van der Waals surface area contributed by atoms with Gasteiger partial charge in [-0.25, -0.2) is 0 Å². The van der Waals surface area contributed by atoms with Crippen LogP contribution in [0.5, 0.6) is 0 Å². The molecule has 0 saturated heterocycles. The number of benzene rings is 2. The zero-order valence-corrected chi connectivity index (χ0v) is 12.4. The van der Waals surface area contributed by atoms with Crippen LogP contribution in [-0.2, 0) is 0 Å². The lowest BCUT2D eigenvalue weighted by Gasteiger charge is -2.25. The lowest BCUT2D eigenvalue weighted by Crippen LogP contribution is -2.34. The van der Waals surface area contributed by atoms with E-state index < -0.39 is 0 Å². The minimum absolute atomic E-state index is 0.499. The van der Waals surface area contributed by atoms with Crippen LogP contribution < -0.4 is 5.32 Å². The molecule has 1 nitrogen and oxygen atoms in total. The fraction of sp³-hybridized carbons (Fsp3) is 0.368. The molecule has 0 amide bonds. The predicted molar refractivity (Wildman–Crippen MR) is 86.1 cm³/mol. The Bertz CT molecular complexity index is 542. The first kappa shape index (κ1) is 13.4. The van der Waals surface area contributed by atoms with Crippen molar-refractivity contribution < 1.29 is 0 Å². The van der Waals surface area contributed by atoms with Crippen molar-refractivity contribution in [2.75, 3.05) is 6.54 Å². The third-order valence-corrected chi connectivity index (χ3v) is 4.38. The molecule has 1 heteroatoms. The Balaban J connectivity index is 2.06. The first-order valence-electron chi connectivity index (χ1n) is 7.78. The van der Waals surface area contributed by atoms with Crippen LogP contribution in [0, 0.1) is 0 Å². The van der Waals surface area contributed by atoms with Gasteiger partial charge in [-0.3, -0.25) is 0 Å². The highest BCUT2D eigenvalue weighted by Gasteiger charge is 2.32. The summed E-state index contributed by atoms with van der Waals surface area (Å²) >= 11 is 0. The van der Waals surface area contributed by atoms with Gasteiger partial charge in [0.25, 0.3) is 0 Å². The van der Waals surface area contributed by atoms with Crippen molar-refractivity contribution in [3.8, 4) is 11.1 Å². The summed E-state index contributed by atoms with van der Waals surface area (Å²) in [4.78, 5) is 0. The molecule has 2 aromatic carbocycles. The van der Waals surface area contributed by atoms with Crippen molar-refractivity contribution in [2.45, 2.75) is 38.6 Å². The molecule has 1 atom stereocenters. The highest BCUT2D eigenvalue weighted by atomic mass is 14.9. The van der Waals surface area contributed by atoms with Gasteiger partial charge in [-0.15, -0.1) is 0 Å². The smallest absolute Gasteiger partial charge is 0.0255 e.